The van der Waals surface area contributed by atoms with Gasteiger partial charge in [-0.25, -0.2) is 9.78 Å². The van der Waals surface area contributed by atoms with E-state index >= 15 is 0 Å². The fourth-order valence-electron chi connectivity index (χ4n) is 3.48. The van der Waals surface area contributed by atoms with Crippen LogP contribution in [0.2, 0.25) is 0 Å². The number of hydrogen-bond acceptors (Lipinski definition) is 5. The Hall–Kier alpha value is -2.42. The van der Waals surface area contributed by atoms with Crippen LogP contribution in [-0.4, -0.2) is 46.6 Å². The molecule has 0 bridgehead atoms. The van der Waals surface area contributed by atoms with Gasteiger partial charge in [-0.05, 0) is 37.0 Å². The van der Waals surface area contributed by atoms with Gasteiger partial charge in [0.2, 0.25) is 5.91 Å². The molecule has 3 rings (SSSR count). The number of aromatic nitrogens is 2. The summed E-state index contributed by atoms with van der Waals surface area (Å²) < 4.78 is 5.47. The van der Waals surface area contributed by atoms with Crippen molar-refractivity contribution in [2.75, 3.05) is 13.7 Å². The topological polar surface area (TPSA) is 104 Å². The number of H-pyrrole nitrogens is 1. The zero-order chi connectivity index (χ0) is 20.4. The van der Waals surface area contributed by atoms with Crippen molar-refractivity contribution in [3.8, 4) is 0 Å². The molecule has 150 valence electrons. The third kappa shape index (κ3) is 4.04. The van der Waals surface area contributed by atoms with Crippen LogP contribution in [0, 0.1) is 5.92 Å². The Morgan fingerprint density at radius 1 is 1.39 bits per heavy atom. The largest absolute Gasteiger partial charge is 0.453 e. The quantitative estimate of drug-likeness (QED) is 0.744. The monoisotopic (exact) mass is 450 g/mol. The van der Waals surface area contributed by atoms with Gasteiger partial charge in [0.05, 0.1) is 24.1 Å². The van der Waals surface area contributed by atoms with Gasteiger partial charge in [0.25, 0.3) is 5.56 Å². The van der Waals surface area contributed by atoms with E-state index in [-0.39, 0.29) is 23.4 Å². The van der Waals surface area contributed by atoms with Gasteiger partial charge in [0, 0.05) is 11.0 Å². The number of carbonyl (C=O) groups is 2. The Morgan fingerprint density at radius 3 is 2.82 bits per heavy atom. The molecule has 0 aliphatic carbocycles. The van der Waals surface area contributed by atoms with Gasteiger partial charge in [-0.1, -0.05) is 29.8 Å². The van der Waals surface area contributed by atoms with Crippen LogP contribution in [0.4, 0.5) is 4.79 Å². The van der Waals surface area contributed by atoms with Crippen LogP contribution in [0.5, 0.6) is 0 Å². The zero-order valence-corrected chi connectivity index (χ0v) is 17.6. The lowest BCUT2D eigenvalue weighted by Gasteiger charge is -2.30. The maximum atomic E-state index is 13.2. The normalized spacial score (nSPS) is 17.8. The number of methoxy groups -OCH3 is 1. The number of carbonyl (C=O) groups excluding carboxylic acids is 2. The minimum atomic E-state index is -0.714. The number of amides is 2. The van der Waals surface area contributed by atoms with Crippen molar-refractivity contribution < 1.29 is 14.3 Å². The second-order valence-corrected chi connectivity index (χ2v) is 8.08. The van der Waals surface area contributed by atoms with E-state index in [0.29, 0.717) is 29.7 Å². The number of rotatable bonds is 4. The van der Waals surface area contributed by atoms with Crippen molar-refractivity contribution >= 4 is 38.8 Å². The molecular formula is C19H23BrN4O4. The number of likely N-dealkylation sites (tertiary alicyclic amines) is 1. The molecular weight excluding hydrogens is 428 g/mol. The van der Waals surface area contributed by atoms with Crippen LogP contribution in [-0.2, 0) is 9.53 Å². The van der Waals surface area contributed by atoms with Crippen LogP contribution >= 0.6 is 15.9 Å². The first kappa shape index (κ1) is 20.3. The Balaban J connectivity index is 1.94. The van der Waals surface area contributed by atoms with E-state index in [1.165, 1.54) is 7.11 Å². The third-order valence-corrected chi connectivity index (χ3v) is 5.42. The molecule has 0 radical (unpaired) electrons. The maximum absolute atomic E-state index is 13.2. The second-order valence-electron chi connectivity index (χ2n) is 7.16. The highest BCUT2D eigenvalue weighted by atomic mass is 79.9. The Labute approximate surface area is 170 Å². The molecule has 0 unspecified atom stereocenters. The van der Waals surface area contributed by atoms with Gasteiger partial charge in [0.1, 0.15) is 11.9 Å². The van der Waals surface area contributed by atoms with E-state index in [4.69, 9.17) is 0 Å². The Kier molecular flexibility index (Phi) is 6.02. The van der Waals surface area contributed by atoms with Gasteiger partial charge in [0.15, 0.2) is 0 Å². The molecule has 1 aliphatic heterocycles. The van der Waals surface area contributed by atoms with Gasteiger partial charge in [-0.3, -0.25) is 9.59 Å². The highest BCUT2D eigenvalue weighted by molar-refractivity contribution is 9.10. The van der Waals surface area contributed by atoms with Gasteiger partial charge >= 0.3 is 6.09 Å². The lowest BCUT2D eigenvalue weighted by atomic mass is 10.0. The van der Waals surface area contributed by atoms with Crippen molar-refractivity contribution in [3.63, 3.8) is 0 Å². The van der Waals surface area contributed by atoms with Crippen molar-refractivity contribution in [2.24, 2.45) is 5.92 Å². The number of ether oxygens (including phenoxy) is 1. The summed E-state index contributed by atoms with van der Waals surface area (Å²) >= 11 is 3.40. The van der Waals surface area contributed by atoms with E-state index in [2.05, 4.69) is 36.0 Å². The molecule has 2 N–H and O–H groups in total. The molecule has 9 heteroatoms. The summed E-state index contributed by atoms with van der Waals surface area (Å²) in [6.45, 7) is 4.25. The van der Waals surface area contributed by atoms with Crippen molar-refractivity contribution in [1.82, 2.24) is 20.2 Å². The number of aromatic amines is 1. The summed E-state index contributed by atoms with van der Waals surface area (Å²) in [5.41, 5.74) is 0.334. The Bertz CT molecular complexity index is 959. The number of halogens is 1. The van der Waals surface area contributed by atoms with Crippen molar-refractivity contribution in [3.05, 3.63) is 38.9 Å². The van der Waals surface area contributed by atoms with Crippen molar-refractivity contribution in [1.29, 1.82) is 0 Å². The standard InChI is InChI=1S/C19H23BrN4O4/c1-10(2)15(22-19(27)28-3)18(26)24-8-4-5-14(24)16-21-13-9-11(20)6-7-12(13)17(25)23-16/h6-7,9-10,14-15H,4-5,8H2,1-3H3,(H,22,27)(H,21,23,25)/t14-,15-/m0/s1. The number of alkyl carbamates (subject to hydrolysis) is 1. The molecule has 2 aromatic rings. The smallest absolute Gasteiger partial charge is 0.407 e. The highest BCUT2D eigenvalue weighted by Gasteiger charge is 2.37. The first-order valence-corrected chi connectivity index (χ1v) is 9.95. The molecule has 2 heterocycles. The average Bonchev–Trinajstić information content (AvgIpc) is 3.14. The summed E-state index contributed by atoms with van der Waals surface area (Å²) in [5, 5.41) is 3.11. The summed E-state index contributed by atoms with van der Waals surface area (Å²) in [6.07, 6.45) is 0.835. The van der Waals surface area contributed by atoms with Gasteiger partial charge in [-0.15, -0.1) is 0 Å². The predicted molar refractivity (Wildman–Crippen MR) is 108 cm³/mol. The fourth-order valence-corrected chi connectivity index (χ4v) is 3.83. The molecule has 2 atom stereocenters. The van der Waals surface area contributed by atoms with Gasteiger partial charge < -0.3 is 19.9 Å². The average molecular weight is 451 g/mol. The summed E-state index contributed by atoms with van der Waals surface area (Å²) in [6, 6.07) is 4.22. The molecule has 1 saturated heterocycles. The molecule has 1 aliphatic rings. The summed E-state index contributed by atoms with van der Waals surface area (Å²) in [4.78, 5) is 46.4. The van der Waals surface area contributed by atoms with E-state index in [1.54, 1.807) is 23.1 Å². The maximum Gasteiger partial charge on any atom is 0.407 e. The molecule has 0 spiro atoms. The lowest BCUT2D eigenvalue weighted by molar-refractivity contribution is -0.135. The number of fused-ring (bicyclic) bond motifs is 1. The van der Waals surface area contributed by atoms with Crippen LogP contribution in [0.25, 0.3) is 10.9 Å². The van der Waals surface area contributed by atoms with Crippen LogP contribution in [0.3, 0.4) is 0 Å². The minimum absolute atomic E-state index is 0.118. The van der Waals surface area contributed by atoms with E-state index in [9.17, 15) is 14.4 Å². The molecule has 2 amide bonds. The SMILES string of the molecule is COC(=O)N[C@H](C(=O)N1CCC[C@H]1c1nc2cc(Br)ccc2c(=O)[nH]1)C(C)C. The van der Waals surface area contributed by atoms with E-state index in [0.717, 1.165) is 10.9 Å². The molecule has 28 heavy (non-hydrogen) atoms. The summed E-state index contributed by atoms with van der Waals surface area (Å²) in [7, 11) is 1.26. The molecule has 8 nitrogen and oxygen atoms in total. The van der Waals surface area contributed by atoms with E-state index in [1.807, 2.05) is 13.8 Å². The number of nitrogens with one attached hydrogen (secondary N) is 2. The minimum Gasteiger partial charge on any atom is -0.453 e. The van der Waals surface area contributed by atoms with Crippen LogP contribution in [0.1, 0.15) is 38.6 Å². The molecule has 0 saturated carbocycles. The predicted octanol–water partition coefficient (Wildman–Crippen LogP) is 2.73. The number of hydrogen-bond donors (Lipinski definition) is 2. The van der Waals surface area contributed by atoms with Crippen molar-refractivity contribution in [2.45, 2.75) is 38.8 Å². The van der Waals surface area contributed by atoms with Crippen LogP contribution < -0.4 is 10.9 Å². The van der Waals surface area contributed by atoms with Crippen LogP contribution in [0.15, 0.2) is 27.5 Å². The number of benzene rings is 1. The lowest BCUT2D eigenvalue weighted by Crippen LogP contribution is -2.51. The zero-order valence-electron chi connectivity index (χ0n) is 16.0. The van der Waals surface area contributed by atoms with E-state index < -0.39 is 12.1 Å². The second kappa shape index (κ2) is 8.30. The summed E-state index contributed by atoms with van der Waals surface area (Å²) in [5.74, 6) is 0.134. The molecule has 1 fully saturated rings. The van der Waals surface area contributed by atoms with Gasteiger partial charge in [-0.2, -0.15) is 0 Å². The Morgan fingerprint density at radius 2 is 2.14 bits per heavy atom. The first-order valence-electron chi connectivity index (χ1n) is 9.16. The first-order chi connectivity index (χ1) is 13.3. The highest BCUT2D eigenvalue weighted by Crippen LogP contribution is 2.31. The fraction of sp³-hybridized carbons (Fsp3) is 0.474. The number of nitrogens with zero attached hydrogens (tertiary/aromatic N) is 2. The third-order valence-electron chi connectivity index (χ3n) is 4.93. The molecule has 1 aromatic carbocycles. The molecule has 1 aromatic heterocycles.